The van der Waals surface area contributed by atoms with Gasteiger partial charge < -0.3 is 10.1 Å². The molecule has 1 heterocycles. The zero-order valence-corrected chi connectivity index (χ0v) is 17.7. The van der Waals surface area contributed by atoms with Gasteiger partial charge in [0.25, 0.3) is 0 Å². The maximum absolute atomic E-state index is 12.7. The Balaban J connectivity index is 1.19. The van der Waals surface area contributed by atoms with Crippen LogP contribution in [0.25, 0.3) is 6.08 Å². The molecule has 4 saturated carbocycles. The standard InChI is InChI=1S/C24H28N2O2S/c1-16-25-21(15-29-16)14-28-22-4-2-3-17(10-22)5-6-23(27)26-24-11-18-7-19(12-24)9-20(8-18)13-24/h2-6,10,15,18-20H,7-9,11-14H2,1H3,(H,26,27)/b6-5+. The molecule has 4 aliphatic carbocycles. The second-order valence-electron chi connectivity index (χ2n) is 9.24. The molecule has 152 valence electrons. The van der Waals surface area contributed by atoms with Crippen LogP contribution in [0.4, 0.5) is 0 Å². The first-order chi connectivity index (χ1) is 14.1. The summed E-state index contributed by atoms with van der Waals surface area (Å²) in [6.45, 7) is 2.46. The fraction of sp³-hybridized carbons (Fsp3) is 0.500. The Bertz CT molecular complexity index is 897. The molecule has 1 aromatic heterocycles. The van der Waals surface area contributed by atoms with Gasteiger partial charge in [0, 0.05) is 17.0 Å². The number of thiazole rings is 1. The minimum Gasteiger partial charge on any atom is -0.487 e. The number of carbonyl (C=O) groups excluding carboxylic acids is 1. The average molecular weight is 409 g/mol. The van der Waals surface area contributed by atoms with E-state index in [9.17, 15) is 4.79 Å². The number of hydrogen-bond donors (Lipinski definition) is 1. The Labute approximate surface area is 176 Å². The quantitative estimate of drug-likeness (QED) is 0.674. The van der Waals surface area contributed by atoms with Gasteiger partial charge in [-0.15, -0.1) is 11.3 Å². The predicted molar refractivity (Wildman–Crippen MR) is 116 cm³/mol. The summed E-state index contributed by atoms with van der Waals surface area (Å²) in [5.41, 5.74) is 1.98. The van der Waals surface area contributed by atoms with Crippen molar-refractivity contribution in [2.24, 2.45) is 17.8 Å². The zero-order valence-electron chi connectivity index (χ0n) is 16.9. The number of benzene rings is 1. The molecule has 1 aromatic carbocycles. The fourth-order valence-corrected chi connectivity index (χ4v) is 6.68. The number of nitrogens with one attached hydrogen (secondary N) is 1. The molecule has 0 spiro atoms. The Morgan fingerprint density at radius 2 is 1.97 bits per heavy atom. The lowest BCUT2D eigenvalue weighted by molar-refractivity contribution is -0.122. The minimum absolute atomic E-state index is 0.0382. The summed E-state index contributed by atoms with van der Waals surface area (Å²) in [6.07, 6.45) is 11.3. The largest absolute Gasteiger partial charge is 0.487 e. The van der Waals surface area contributed by atoms with E-state index in [1.165, 1.54) is 38.5 Å². The molecule has 0 unspecified atom stereocenters. The van der Waals surface area contributed by atoms with E-state index in [-0.39, 0.29) is 11.4 Å². The van der Waals surface area contributed by atoms with E-state index in [0.717, 1.165) is 39.8 Å². The molecular weight excluding hydrogens is 380 g/mol. The summed E-state index contributed by atoms with van der Waals surface area (Å²) < 4.78 is 5.85. The molecule has 4 nitrogen and oxygen atoms in total. The van der Waals surface area contributed by atoms with Crippen molar-refractivity contribution in [3.8, 4) is 5.75 Å². The number of hydrogen-bond acceptors (Lipinski definition) is 4. The number of nitrogens with zero attached hydrogens (tertiary/aromatic N) is 1. The van der Waals surface area contributed by atoms with Crippen molar-refractivity contribution < 1.29 is 9.53 Å². The highest BCUT2D eigenvalue weighted by Crippen LogP contribution is 2.55. The summed E-state index contributed by atoms with van der Waals surface area (Å²) in [6, 6.07) is 7.85. The minimum atomic E-state index is 0.0382. The van der Waals surface area contributed by atoms with Crippen molar-refractivity contribution in [3.05, 3.63) is 52.0 Å². The summed E-state index contributed by atoms with van der Waals surface area (Å²) in [5.74, 6) is 3.33. The second-order valence-corrected chi connectivity index (χ2v) is 10.3. The van der Waals surface area contributed by atoms with Crippen LogP contribution in [0.1, 0.15) is 54.8 Å². The van der Waals surface area contributed by atoms with Crippen molar-refractivity contribution in [3.63, 3.8) is 0 Å². The molecular formula is C24H28N2O2S. The van der Waals surface area contributed by atoms with Gasteiger partial charge >= 0.3 is 0 Å². The van der Waals surface area contributed by atoms with Crippen LogP contribution in [-0.4, -0.2) is 16.4 Å². The Morgan fingerprint density at radius 3 is 2.62 bits per heavy atom. The molecule has 1 amide bonds. The second kappa shape index (κ2) is 7.60. The molecule has 6 rings (SSSR count). The highest BCUT2D eigenvalue weighted by Gasteiger charge is 2.51. The van der Waals surface area contributed by atoms with Crippen LogP contribution in [0.15, 0.2) is 35.7 Å². The first-order valence-corrected chi connectivity index (χ1v) is 11.6. The highest BCUT2D eigenvalue weighted by molar-refractivity contribution is 7.09. The van der Waals surface area contributed by atoms with Crippen LogP contribution >= 0.6 is 11.3 Å². The third-order valence-electron chi connectivity index (χ3n) is 6.77. The van der Waals surface area contributed by atoms with Crippen molar-refractivity contribution in [1.29, 1.82) is 0 Å². The van der Waals surface area contributed by atoms with Gasteiger partial charge in [0.05, 0.1) is 10.7 Å². The third kappa shape index (κ3) is 4.25. The van der Waals surface area contributed by atoms with E-state index in [1.54, 1.807) is 17.4 Å². The molecule has 1 N–H and O–H groups in total. The molecule has 29 heavy (non-hydrogen) atoms. The molecule has 2 aromatic rings. The lowest BCUT2D eigenvalue weighted by atomic mass is 9.53. The van der Waals surface area contributed by atoms with Crippen molar-refractivity contribution in [2.75, 3.05) is 0 Å². The first kappa shape index (κ1) is 18.9. The number of carbonyl (C=O) groups is 1. The Hall–Kier alpha value is -2.14. The first-order valence-electron chi connectivity index (χ1n) is 10.7. The van der Waals surface area contributed by atoms with Crippen molar-refractivity contribution in [2.45, 2.75) is 57.6 Å². The Morgan fingerprint density at radius 1 is 1.24 bits per heavy atom. The van der Waals surface area contributed by atoms with E-state index < -0.39 is 0 Å². The van der Waals surface area contributed by atoms with Gasteiger partial charge in [-0.2, -0.15) is 0 Å². The summed E-state index contributed by atoms with van der Waals surface area (Å²) in [4.78, 5) is 17.1. The molecule has 4 bridgehead atoms. The van der Waals surface area contributed by atoms with Crippen LogP contribution in [0, 0.1) is 24.7 Å². The molecule has 5 heteroatoms. The van der Waals surface area contributed by atoms with Crippen LogP contribution < -0.4 is 10.1 Å². The van der Waals surface area contributed by atoms with E-state index >= 15 is 0 Å². The zero-order chi connectivity index (χ0) is 19.8. The van der Waals surface area contributed by atoms with E-state index in [1.807, 2.05) is 42.6 Å². The summed E-state index contributed by atoms with van der Waals surface area (Å²) in [5, 5.41) is 6.46. The van der Waals surface area contributed by atoms with Gasteiger partial charge in [0.15, 0.2) is 0 Å². The van der Waals surface area contributed by atoms with Gasteiger partial charge in [0.1, 0.15) is 12.4 Å². The van der Waals surface area contributed by atoms with Crippen molar-refractivity contribution >= 4 is 23.3 Å². The predicted octanol–water partition coefficient (Wildman–Crippen LogP) is 5.13. The van der Waals surface area contributed by atoms with Gasteiger partial charge in [-0.25, -0.2) is 4.98 Å². The number of aryl methyl sites for hydroxylation is 1. The fourth-order valence-electron chi connectivity index (χ4n) is 6.08. The third-order valence-corrected chi connectivity index (χ3v) is 7.59. The molecule has 0 atom stereocenters. The smallest absolute Gasteiger partial charge is 0.244 e. The van der Waals surface area contributed by atoms with Gasteiger partial charge in [0.2, 0.25) is 5.91 Å². The SMILES string of the molecule is Cc1nc(COc2cccc(/C=C/C(=O)NC34CC5CC(CC(C5)C3)C4)c2)cs1. The van der Waals surface area contributed by atoms with Gasteiger partial charge in [-0.1, -0.05) is 12.1 Å². The van der Waals surface area contributed by atoms with E-state index in [2.05, 4.69) is 10.3 Å². The molecule has 0 aliphatic heterocycles. The summed E-state index contributed by atoms with van der Waals surface area (Å²) >= 11 is 1.63. The number of aromatic nitrogens is 1. The van der Waals surface area contributed by atoms with Crippen LogP contribution in [0.2, 0.25) is 0 Å². The normalized spacial score (nSPS) is 30.0. The van der Waals surface area contributed by atoms with Gasteiger partial charge in [-0.05, 0) is 87.0 Å². The Kier molecular flexibility index (Phi) is 4.94. The topological polar surface area (TPSA) is 51.2 Å². The van der Waals surface area contributed by atoms with Crippen LogP contribution in [0.3, 0.4) is 0 Å². The average Bonchev–Trinajstić information content (AvgIpc) is 3.09. The summed E-state index contributed by atoms with van der Waals surface area (Å²) in [7, 11) is 0. The lowest BCUT2D eigenvalue weighted by Crippen LogP contribution is -2.59. The highest BCUT2D eigenvalue weighted by atomic mass is 32.1. The molecule has 4 aliphatic rings. The maximum atomic E-state index is 12.7. The number of ether oxygens (including phenoxy) is 1. The molecule has 4 fully saturated rings. The monoisotopic (exact) mass is 408 g/mol. The lowest BCUT2D eigenvalue weighted by Gasteiger charge is -2.56. The van der Waals surface area contributed by atoms with Crippen molar-refractivity contribution in [1.82, 2.24) is 10.3 Å². The number of rotatable bonds is 6. The molecule has 0 saturated heterocycles. The maximum Gasteiger partial charge on any atom is 0.244 e. The number of amides is 1. The molecule has 0 radical (unpaired) electrons. The van der Waals surface area contributed by atoms with Gasteiger partial charge in [-0.3, -0.25) is 4.79 Å². The van der Waals surface area contributed by atoms with E-state index in [4.69, 9.17) is 4.74 Å². The van der Waals surface area contributed by atoms with E-state index in [0.29, 0.717) is 6.61 Å². The van der Waals surface area contributed by atoms with Crippen LogP contribution in [-0.2, 0) is 11.4 Å². The van der Waals surface area contributed by atoms with Crippen LogP contribution in [0.5, 0.6) is 5.75 Å².